The second kappa shape index (κ2) is 5.74. The zero-order valence-electron chi connectivity index (χ0n) is 12.5. The van der Waals surface area contributed by atoms with Crippen molar-refractivity contribution in [1.29, 1.82) is 0 Å². The molecule has 1 heterocycles. The summed E-state index contributed by atoms with van der Waals surface area (Å²) in [6, 6.07) is 5.17. The molecule has 4 nitrogen and oxygen atoms in total. The van der Waals surface area contributed by atoms with E-state index in [1.54, 1.807) is 16.4 Å². The first-order valence-corrected chi connectivity index (χ1v) is 8.68. The minimum atomic E-state index is -3.42. The molecule has 0 spiro atoms. The Kier molecular flexibility index (Phi) is 4.39. The normalized spacial score (nSPS) is 20.7. The number of nitrogens with zero attached hydrogens (tertiary/aromatic N) is 1. The fourth-order valence-electron chi connectivity index (χ4n) is 2.76. The van der Waals surface area contributed by atoms with E-state index in [9.17, 15) is 8.42 Å². The minimum absolute atomic E-state index is 0.379. The molecule has 0 radical (unpaired) electrons. The number of hydrogen-bond donors (Lipinski definition) is 1. The Balaban J connectivity index is 2.34. The number of hydrogen-bond acceptors (Lipinski definition) is 3. The van der Waals surface area contributed by atoms with E-state index in [-0.39, 0.29) is 0 Å². The van der Waals surface area contributed by atoms with Crippen molar-refractivity contribution >= 4 is 15.7 Å². The fraction of sp³-hybridized carbons (Fsp3) is 0.600. The molecular formula is C15H24N2O2S. The van der Waals surface area contributed by atoms with Crippen molar-refractivity contribution in [1.82, 2.24) is 4.31 Å². The summed E-state index contributed by atoms with van der Waals surface area (Å²) in [7, 11) is -3.42. The standard InChI is InChI=1S/C15H24N2O2S/c1-4-12-5-6-14(16)9-15(12)20(18,19)17-8-7-13(10-17)11(2)3/h5-6,9,11,13H,4,7-8,10,16H2,1-3H3. The predicted octanol–water partition coefficient (Wildman–Crippen LogP) is 2.50. The Morgan fingerprint density at radius 1 is 1.40 bits per heavy atom. The van der Waals surface area contributed by atoms with E-state index < -0.39 is 10.0 Å². The number of nitrogen functional groups attached to an aromatic ring is 1. The van der Waals surface area contributed by atoms with Crippen LogP contribution < -0.4 is 5.73 Å². The van der Waals surface area contributed by atoms with Gasteiger partial charge in [0.2, 0.25) is 10.0 Å². The molecule has 1 aromatic carbocycles. The van der Waals surface area contributed by atoms with Crippen LogP contribution in [-0.4, -0.2) is 25.8 Å². The van der Waals surface area contributed by atoms with Crippen molar-refractivity contribution in [3.8, 4) is 0 Å². The molecule has 2 N–H and O–H groups in total. The van der Waals surface area contributed by atoms with E-state index in [0.717, 1.165) is 12.0 Å². The molecule has 0 saturated carbocycles. The minimum Gasteiger partial charge on any atom is -0.399 e. The highest BCUT2D eigenvalue weighted by atomic mass is 32.2. The molecule has 1 aromatic rings. The van der Waals surface area contributed by atoms with Gasteiger partial charge in [-0.2, -0.15) is 4.31 Å². The van der Waals surface area contributed by atoms with E-state index in [2.05, 4.69) is 13.8 Å². The van der Waals surface area contributed by atoms with Gasteiger partial charge in [-0.25, -0.2) is 8.42 Å². The van der Waals surface area contributed by atoms with Gasteiger partial charge in [0.25, 0.3) is 0 Å². The smallest absolute Gasteiger partial charge is 0.243 e. The fourth-order valence-corrected chi connectivity index (χ4v) is 4.60. The highest BCUT2D eigenvalue weighted by molar-refractivity contribution is 7.89. The van der Waals surface area contributed by atoms with Crippen LogP contribution in [0.15, 0.2) is 23.1 Å². The Hall–Kier alpha value is -1.07. The molecule has 0 amide bonds. The van der Waals surface area contributed by atoms with Gasteiger partial charge in [-0.1, -0.05) is 26.8 Å². The lowest BCUT2D eigenvalue weighted by Crippen LogP contribution is -2.30. The molecule has 5 heteroatoms. The van der Waals surface area contributed by atoms with Crippen LogP contribution in [0.4, 0.5) is 5.69 Å². The molecule has 2 rings (SSSR count). The van der Waals surface area contributed by atoms with Gasteiger partial charge < -0.3 is 5.73 Å². The summed E-state index contributed by atoms with van der Waals surface area (Å²) in [6.07, 6.45) is 1.64. The molecule has 20 heavy (non-hydrogen) atoms. The zero-order valence-corrected chi connectivity index (χ0v) is 13.3. The van der Waals surface area contributed by atoms with Crippen molar-refractivity contribution in [2.75, 3.05) is 18.8 Å². The van der Waals surface area contributed by atoms with Crippen LogP contribution in [0, 0.1) is 11.8 Å². The maximum atomic E-state index is 12.8. The number of benzene rings is 1. The largest absolute Gasteiger partial charge is 0.399 e. The lowest BCUT2D eigenvalue weighted by molar-refractivity contribution is 0.388. The summed E-state index contributed by atoms with van der Waals surface area (Å²) in [6.45, 7) is 7.50. The van der Waals surface area contributed by atoms with Gasteiger partial charge in [0.1, 0.15) is 0 Å². The molecule has 0 bridgehead atoms. The third-order valence-corrected chi connectivity index (χ3v) is 6.17. The maximum absolute atomic E-state index is 12.8. The number of rotatable bonds is 4. The lowest BCUT2D eigenvalue weighted by Gasteiger charge is -2.20. The summed E-state index contributed by atoms with van der Waals surface area (Å²) >= 11 is 0. The van der Waals surface area contributed by atoms with E-state index in [1.165, 1.54) is 0 Å². The maximum Gasteiger partial charge on any atom is 0.243 e. The Bertz CT molecular complexity index is 582. The van der Waals surface area contributed by atoms with Gasteiger partial charge in [-0.3, -0.25) is 0 Å². The highest BCUT2D eigenvalue weighted by Crippen LogP contribution is 2.30. The Labute approximate surface area is 122 Å². The first-order valence-electron chi connectivity index (χ1n) is 7.24. The topological polar surface area (TPSA) is 63.4 Å². The average molecular weight is 296 g/mol. The summed E-state index contributed by atoms with van der Waals surface area (Å²) in [4.78, 5) is 0.379. The Morgan fingerprint density at radius 2 is 2.10 bits per heavy atom. The molecule has 1 unspecified atom stereocenters. The van der Waals surface area contributed by atoms with Crippen molar-refractivity contribution in [3.05, 3.63) is 23.8 Å². The lowest BCUT2D eigenvalue weighted by atomic mass is 9.96. The van der Waals surface area contributed by atoms with E-state index >= 15 is 0 Å². The van der Waals surface area contributed by atoms with E-state index in [4.69, 9.17) is 5.73 Å². The average Bonchev–Trinajstić information content (AvgIpc) is 2.89. The van der Waals surface area contributed by atoms with Gasteiger partial charge >= 0.3 is 0 Å². The van der Waals surface area contributed by atoms with Crippen molar-refractivity contribution < 1.29 is 8.42 Å². The van der Waals surface area contributed by atoms with Gasteiger partial charge in [0.05, 0.1) is 4.90 Å². The Morgan fingerprint density at radius 3 is 2.65 bits per heavy atom. The van der Waals surface area contributed by atoms with Gasteiger partial charge in [-0.15, -0.1) is 0 Å². The highest BCUT2D eigenvalue weighted by Gasteiger charge is 2.34. The summed E-state index contributed by atoms with van der Waals surface area (Å²) in [5, 5.41) is 0. The molecular weight excluding hydrogens is 272 g/mol. The molecule has 0 aromatic heterocycles. The number of nitrogens with two attached hydrogens (primary N) is 1. The van der Waals surface area contributed by atoms with E-state index in [0.29, 0.717) is 41.9 Å². The predicted molar refractivity (Wildman–Crippen MR) is 81.9 cm³/mol. The quantitative estimate of drug-likeness (QED) is 0.868. The van der Waals surface area contributed by atoms with Crippen LogP contribution in [0.25, 0.3) is 0 Å². The molecule has 112 valence electrons. The van der Waals surface area contributed by atoms with Crippen LogP contribution in [-0.2, 0) is 16.4 Å². The molecule has 1 saturated heterocycles. The summed E-state index contributed by atoms with van der Waals surface area (Å²) < 4.78 is 27.2. The van der Waals surface area contributed by atoms with Crippen LogP contribution >= 0.6 is 0 Å². The van der Waals surface area contributed by atoms with Crippen LogP contribution in [0.3, 0.4) is 0 Å². The molecule has 1 aliphatic heterocycles. The van der Waals surface area contributed by atoms with Crippen molar-refractivity contribution in [2.24, 2.45) is 11.8 Å². The molecule has 0 aliphatic carbocycles. The zero-order chi connectivity index (χ0) is 14.9. The molecule has 1 fully saturated rings. The third-order valence-electron chi connectivity index (χ3n) is 4.22. The SMILES string of the molecule is CCc1ccc(N)cc1S(=O)(=O)N1CCC(C(C)C)C1. The first kappa shape index (κ1) is 15.3. The first-order chi connectivity index (χ1) is 9.36. The number of anilines is 1. The summed E-state index contributed by atoms with van der Waals surface area (Å²) in [5.74, 6) is 0.970. The molecule has 1 atom stereocenters. The number of aryl methyl sites for hydroxylation is 1. The second-order valence-electron chi connectivity index (χ2n) is 5.88. The third kappa shape index (κ3) is 2.83. The van der Waals surface area contributed by atoms with Crippen LogP contribution in [0.2, 0.25) is 0 Å². The second-order valence-corrected chi connectivity index (χ2v) is 7.78. The summed E-state index contributed by atoms with van der Waals surface area (Å²) in [5.41, 5.74) is 7.11. The van der Waals surface area contributed by atoms with Gasteiger partial charge in [0.15, 0.2) is 0 Å². The van der Waals surface area contributed by atoms with Crippen LogP contribution in [0.5, 0.6) is 0 Å². The monoisotopic (exact) mass is 296 g/mol. The molecule has 1 aliphatic rings. The van der Waals surface area contributed by atoms with Crippen molar-refractivity contribution in [2.45, 2.75) is 38.5 Å². The van der Waals surface area contributed by atoms with Gasteiger partial charge in [0, 0.05) is 18.8 Å². The van der Waals surface area contributed by atoms with E-state index in [1.807, 2.05) is 13.0 Å². The van der Waals surface area contributed by atoms with Gasteiger partial charge in [-0.05, 0) is 42.4 Å². The van der Waals surface area contributed by atoms with Crippen LogP contribution in [0.1, 0.15) is 32.8 Å². The van der Waals surface area contributed by atoms with Crippen molar-refractivity contribution in [3.63, 3.8) is 0 Å². The number of sulfonamides is 1.